The van der Waals surface area contributed by atoms with Crippen molar-refractivity contribution in [3.63, 3.8) is 0 Å². The van der Waals surface area contributed by atoms with Crippen LogP contribution in [0.3, 0.4) is 0 Å². The Morgan fingerprint density at radius 2 is 1.96 bits per heavy atom. The van der Waals surface area contributed by atoms with Crippen LogP contribution in [0, 0.1) is 12.7 Å². The Morgan fingerprint density at radius 1 is 1.20 bits per heavy atom. The number of aromatic nitrogens is 1. The van der Waals surface area contributed by atoms with Gasteiger partial charge >= 0.3 is 0 Å². The normalized spacial score (nSPS) is 12.4. The Labute approximate surface area is 147 Å². The van der Waals surface area contributed by atoms with Crippen LogP contribution in [0.5, 0.6) is 0 Å². The van der Waals surface area contributed by atoms with Crippen LogP contribution in [0.25, 0.3) is 12.2 Å². The molecule has 0 radical (unpaired) electrons. The van der Waals surface area contributed by atoms with Gasteiger partial charge in [0.2, 0.25) is 0 Å². The number of carbonyl (C=O) groups is 1. The second-order valence-electron chi connectivity index (χ2n) is 5.48. The lowest BCUT2D eigenvalue weighted by atomic mass is 10.2. The van der Waals surface area contributed by atoms with Crippen LogP contribution in [0.4, 0.5) is 10.1 Å². The number of thiazole rings is 1. The molecule has 0 bridgehead atoms. The molecule has 0 spiro atoms. The topological polar surface area (TPSA) is 62.0 Å². The second kappa shape index (κ2) is 7.27. The summed E-state index contributed by atoms with van der Waals surface area (Å²) in [6.45, 7) is 1.96. The Bertz CT molecular complexity index is 1080. The van der Waals surface area contributed by atoms with Crippen LogP contribution in [-0.2, 0) is 4.79 Å². The summed E-state index contributed by atoms with van der Waals surface area (Å²) in [6.07, 6.45) is 2.91. The van der Waals surface area contributed by atoms with Crippen molar-refractivity contribution in [2.75, 3.05) is 5.32 Å². The van der Waals surface area contributed by atoms with Crippen LogP contribution in [0.1, 0.15) is 11.1 Å². The summed E-state index contributed by atoms with van der Waals surface area (Å²) in [5.41, 5.74) is 2.05. The van der Waals surface area contributed by atoms with E-state index in [0.717, 1.165) is 16.9 Å². The van der Waals surface area contributed by atoms with Gasteiger partial charge in [0.1, 0.15) is 10.5 Å². The molecule has 0 aliphatic rings. The number of carbonyl (C=O) groups excluding carboxylic acids is 1. The number of aryl methyl sites for hydroxylation is 1. The molecule has 4 nitrogen and oxygen atoms in total. The molecule has 0 fully saturated rings. The van der Waals surface area contributed by atoms with Crippen LogP contribution in [-0.4, -0.2) is 10.9 Å². The van der Waals surface area contributed by atoms with Crippen molar-refractivity contribution in [1.82, 2.24) is 4.98 Å². The molecule has 2 aromatic carbocycles. The molecule has 0 saturated carbocycles. The predicted octanol–water partition coefficient (Wildman–Crippen LogP) is 2.13. The number of hydrogen-bond donors (Lipinski definition) is 2. The smallest absolute Gasteiger partial charge is 0.266 e. The Morgan fingerprint density at radius 3 is 2.68 bits per heavy atom. The molecule has 0 aliphatic heterocycles. The molecule has 126 valence electrons. The van der Waals surface area contributed by atoms with E-state index >= 15 is 0 Å². The van der Waals surface area contributed by atoms with Crippen molar-refractivity contribution in [3.05, 3.63) is 85.0 Å². The van der Waals surface area contributed by atoms with E-state index < -0.39 is 0 Å². The van der Waals surface area contributed by atoms with E-state index in [0.29, 0.717) is 20.4 Å². The van der Waals surface area contributed by atoms with E-state index in [4.69, 9.17) is 0 Å². The van der Waals surface area contributed by atoms with Gasteiger partial charge in [-0.25, -0.2) is 4.39 Å². The molecular weight excluding hydrogens is 339 g/mol. The molecule has 3 aromatic rings. The summed E-state index contributed by atoms with van der Waals surface area (Å²) in [7, 11) is 0. The third-order valence-electron chi connectivity index (χ3n) is 3.41. The number of amides is 1. The van der Waals surface area contributed by atoms with Gasteiger partial charge in [0.15, 0.2) is 0 Å². The standard InChI is InChI=1S/C19H15FN2O2S/c1-12-5-7-15(8-6-12)21-17(23)11-18-22-19(24)16(25-18)10-13-3-2-4-14(20)9-13/h2-11H,1H3,(H,21,23)(H,22,24)/b16-10+,18-11+. The van der Waals surface area contributed by atoms with Gasteiger partial charge in [-0.2, -0.15) is 0 Å². The lowest BCUT2D eigenvalue weighted by molar-refractivity contribution is -0.110. The molecule has 0 saturated heterocycles. The van der Waals surface area contributed by atoms with E-state index in [2.05, 4.69) is 10.3 Å². The van der Waals surface area contributed by atoms with Crippen molar-refractivity contribution in [3.8, 4) is 0 Å². The lowest BCUT2D eigenvalue weighted by Crippen LogP contribution is -2.20. The van der Waals surface area contributed by atoms with Crippen LogP contribution >= 0.6 is 11.3 Å². The van der Waals surface area contributed by atoms with Crippen LogP contribution in [0.15, 0.2) is 53.3 Å². The largest absolute Gasteiger partial charge is 0.322 e. The van der Waals surface area contributed by atoms with Crippen molar-refractivity contribution in [2.45, 2.75) is 6.92 Å². The van der Waals surface area contributed by atoms with E-state index in [1.54, 1.807) is 30.3 Å². The quantitative estimate of drug-likeness (QED) is 0.757. The molecule has 0 unspecified atom stereocenters. The van der Waals surface area contributed by atoms with Crippen molar-refractivity contribution < 1.29 is 9.18 Å². The molecule has 0 aliphatic carbocycles. The number of rotatable bonds is 3. The summed E-state index contributed by atoms with van der Waals surface area (Å²) < 4.78 is 14.0. The zero-order valence-electron chi connectivity index (χ0n) is 13.4. The first-order valence-electron chi connectivity index (χ1n) is 7.55. The maximum absolute atomic E-state index is 13.2. The molecular formula is C19H15FN2O2S. The molecule has 0 atom stereocenters. The number of halogens is 1. The number of aromatic amines is 1. The van der Waals surface area contributed by atoms with Crippen molar-refractivity contribution >= 4 is 35.1 Å². The van der Waals surface area contributed by atoms with E-state index in [1.807, 2.05) is 19.1 Å². The number of hydrogen-bond acceptors (Lipinski definition) is 3. The summed E-state index contributed by atoms with van der Waals surface area (Å²) >= 11 is 1.14. The number of nitrogens with one attached hydrogen (secondary N) is 2. The highest BCUT2D eigenvalue weighted by Crippen LogP contribution is 2.08. The fraction of sp³-hybridized carbons (Fsp3) is 0.0526. The zero-order chi connectivity index (χ0) is 17.8. The molecule has 3 rings (SSSR count). The van der Waals surface area contributed by atoms with Gasteiger partial charge in [0, 0.05) is 11.8 Å². The highest BCUT2D eigenvalue weighted by molar-refractivity contribution is 7.07. The second-order valence-corrected chi connectivity index (χ2v) is 6.57. The molecule has 1 amide bonds. The third-order valence-corrected chi connectivity index (χ3v) is 4.37. The predicted molar refractivity (Wildman–Crippen MR) is 98.4 cm³/mol. The fourth-order valence-corrected chi connectivity index (χ4v) is 3.09. The monoisotopic (exact) mass is 354 g/mol. The zero-order valence-corrected chi connectivity index (χ0v) is 14.2. The number of benzene rings is 2. The Hall–Kier alpha value is -2.99. The Kier molecular flexibility index (Phi) is 4.90. The van der Waals surface area contributed by atoms with Gasteiger partial charge in [-0.3, -0.25) is 9.59 Å². The van der Waals surface area contributed by atoms with Gasteiger partial charge in [0.25, 0.3) is 11.5 Å². The third kappa shape index (κ3) is 4.51. The molecule has 2 N–H and O–H groups in total. The van der Waals surface area contributed by atoms with Gasteiger partial charge in [-0.1, -0.05) is 29.8 Å². The number of H-pyrrole nitrogens is 1. The molecule has 1 heterocycles. The average Bonchev–Trinajstić information content (AvgIpc) is 2.89. The van der Waals surface area contributed by atoms with Crippen molar-refractivity contribution in [2.24, 2.45) is 0 Å². The first-order chi connectivity index (χ1) is 12.0. The first-order valence-corrected chi connectivity index (χ1v) is 8.37. The van der Waals surface area contributed by atoms with Crippen molar-refractivity contribution in [1.29, 1.82) is 0 Å². The first kappa shape index (κ1) is 16.9. The van der Waals surface area contributed by atoms with E-state index in [1.165, 1.54) is 18.2 Å². The maximum Gasteiger partial charge on any atom is 0.266 e. The fourth-order valence-electron chi connectivity index (χ4n) is 2.21. The molecule has 25 heavy (non-hydrogen) atoms. The lowest BCUT2D eigenvalue weighted by Gasteiger charge is -2.01. The SMILES string of the molecule is Cc1ccc(NC(=O)/C=c2\[nH]c(=O)/c(=C\c3cccc(F)c3)s2)cc1. The van der Waals surface area contributed by atoms with Gasteiger partial charge in [-0.15, -0.1) is 11.3 Å². The summed E-state index contributed by atoms with van der Waals surface area (Å²) in [6, 6.07) is 13.4. The van der Waals surface area contributed by atoms with E-state index in [-0.39, 0.29) is 17.3 Å². The van der Waals surface area contributed by atoms with Gasteiger partial charge in [-0.05, 0) is 42.8 Å². The summed E-state index contributed by atoms with van der Waals surface area (Å²) in [5, 5.41) is 2.73. The van der Waals surface area contributed by atoms with Crippen LogP contribution in [0.2, 0.25) is 0 Å². The minimum atomic E-state index is -0.369. The summed E-state index contributed by atoms with van der Waals surface area (Å²) in [4.78, 5) is 26.7. The average molecular weight is 354 g/mol. The maximum atomic E-state index is 13.2. The Balaban J connectivity index is 1.86. The highest BCUT2D eigenvalue weighted by Gasteiger charge is 2.01. The molecule has 1 aromatic heterocycles. The van der Waals surface area contributed by atoms with E-state index in [9.17, 15) is 14.0 Å². The number of anilines is 1. The highest BCUT2D eigenvalue weighted by atomic mass is 32.1. The minimum absolute atomic E-state index is 0.316. The minimum Gasteiger partial charge on any atom is -0.322 e. The van der Waals surface area contributed by atoms with Crippen LogP contribution < -0.4 is 20.1 Å². The van der Waals surface area contributed by atoms with Gasteiger partial charge < -0.3 is 10.3 Å². The molecule has 6 heteroatoms. The summed E-state index contributed by atoms with van der Waals surface area (Å²) in [5.74, 6) is -0.704. The van der Waals surface area contributed by atoms with Gasteiger partial charge in [0.05, 0.1) is 4.53 Å².